The molecule has 0 radical (unpaired) electrons. The maximum atomic E-state index is 13.2. The Morgan fingerprint density at radius 2 is 1.73 bits per heavy atom. The number of halogens is 1. The van der Waals surface area contributed by atoms with E-state index in [1.807, 2.05) is 24.3 Å². The summed E-state index contributed by atoms with van der Waals surface area (Å²) in [6, 6.07) is 12.5. The number of amides is 1. The molecule has 1 heterocycles. The second-order valence-corrected chi connectivity index (χ2v) is 9.02. The average molecular weight is 436 g/mol. The number of nitrogens with zero attached hydrogens (tertiary/aromatic N) is 2. The Kier molecular flexibility index (Phi) is 6.94. The highest BCUT2D eigenvalue weighted by molar-refractivity contribution is 7.88. The van der Waals surface area contributed by atoms with E-state index in [4.69, 9.17) is 4.74 Å². The minimum Gasteiger partial charge on any atom is -0.495 e. The molecule has 0 spiro atoms. The van der Waals surface area contributed by atoms with Gasteiger partial charge in [0, 0.05) is 32.6 Å². The largest absolute Gasteiger partial charge is 0.495 e. The number of anilines is 1. The number of ether oxygens (including phenoxy) is 1. The van der Waals surface area contributed by atoms with Crippen LogP contribution < -0.4 is 14.4 Å². The van der Waals surface area contributed by atoms with Gasteiger partial charge in [-0.3, -0.25) is 4.79 Å². The maximum absolute atomic E-state index is 13.2. The van der Waals surface area contributed by atoms with Gasteiger partial charge in [0.05, 0.1) is 25.1 Å². The Morgan fingerprint density at radius 1 is 1.10 bits per heavy atom. The maximum Gasteiger partial charge on any atom is 0.224 e. The molecule has 3 rings (SSSR count). The topological polar surface area (TPSA) is 79.0 Å². The van der Waals surface area contributed by atoms with Crippen LogP contribution in [0.15, 0.2) is 48.5 Å². The highest BCUT2D eigenvalue weighted by Gasteiger charge is 2.26. The molecule has 1 N–H and O–H groups in total. The van der Waals surface area contributed by atoms with Gasteiger partial charge in [0.1, 0.15) is 11.6 Å². The van der Waals surface area contributed by atoms with Crippen molar-refractivity contribution in [2.24, 2.45) is 0 Å². The summed E-state index contributed by atoms with van der Waals surface area (Å²) in [5, 5.41) is 0. The summed E-state index contributed by atoms with van der Waals surface area (Å²) in [4.78, 5) is 16.8. The van der Waals surface area contributed by atoms with Gasteiger partial charge in [-0.2, -0.15) is 0 Å². The summed E-state index contributed by atoms with van der Waals surface area (Å²) in [5.74, 6) is 0.210. The zero-order valence-electron chi connectivity index (χ0n) is 17.0. The van der Waals surface area contributed by atoms with Crippen LogP contribution in [-0.4, -0.2) is 58.8 Å². The summed E-state index contributed by atoms with van der Waals surface area (Å²) in [6.07, 6.45) is 1.01. The van der Waals surface area contributed by atoms with Crippen LogP contribution in [0.1, 0.15) is 18.0 Å². The van der Waals surface area contributed by atoms with Crippen LogP contribution in [0.4, 0.5) is 10.1 Å². The molecule has 1 atom stereocenters. The van der Waals surface area contributed by atoms with Crippen molar-refractivity contribution in [1.82, 2.24) is 9.62 Å². The summed E-state index contributed by atoms with van der Waals surface area (Å²) < 4.78 is 44.7. The quantitative estimate of drug-likeness (QED) is 0.721. The second-order valence-electron chi connectivity index (χ2n) is 7.24. The number of sulfonamides is 1. The number of carbonyl (C=O) groups excluding carboxylic acids is 1. The third kappa shape index (κ3) is 5.70. The summed E-state index contributed by atoms with van der Waals surface area (Å²) in [7, 11) is -1.92. The summed E-state index contributed by atoms with van der Waals surface area (Å²) in [5.41, 5.74) is 1.53. The van der Waals surface area contributed by atoms with Gasteiger partial charge < -0.3 is 14.5 Å². The van der Waals surface area contributed by atoms with Crippen molar-refractivity contribution in [3.63, 3.8) is 0 Å². The molecule has 0 bridgehead atoms. The molecule has 1 amide bonds. The first-order chi connectivity index (χ1) is 14.3. The molecule has 1 aliphatic rings. The fourth-order valence-electron chi connectivity index (χ4n) is 3.57. The van der Waals surface area contributed by atoms with Gasteiger partial charge in [0.25, 0.3) is 0 Å². The monoisotopic (exact) mass is 435 g/mol. The van der Waals surface area contributed by atoms with Crippen molar-refractivity contribution in [2.75, 3.05) is 44.4 Å². The van der Waals surface area contributed by atoms with Gasteiger partial charge in [0.2, 0.25) is 15.9 Å². The Labute approximate surface area is 176 Å². The number of hydrogen-bond donors (Lipinski definition) is 1. The van der Waals surface area contributed by atoms with Crippen LogP contribution in [-0.2, 0) is 14.8 Å². The lowest BCUT2D eigenvalue weighted by Gasteiger charge is -2.37. The Balaban J connectivity index is 1.66. The predicted molar refractivity (Wildman–Crippen MR) is 114 cm³/mol. The number of methoxy groups -OCH3 is 1. The molecule has 162 valence electrons. The van der Waals surface area contributed by atoms with Crippen LogP contribution in [0.25, 0.3) is 0 Å². The molecule has 1 aliphatic heterocycles. The van der Waals surface area contributed by atoms with E-state index in [0.29, 0.717) is 31.7 Å². The molecule has 1 fully saturated rings. The smallest absolute Gasteiger partial charge is 0.224 e. The van der Waals surface area contributed by atoms with Crippen molar-refractivity contribution >= 4 is 21.6 Å². The zero-order chi connectivity index (χ0) is 21.7. The highest BCUT2D eigenvalue weighted by Crippen LogP contribution is 2.28. The first-order valence-electron chi connectivity index (χ1n) is 9.65. The molecule has 0 aromatic heterocycles. The molecular weight excluding hydrogens is 409 g/mol. The average Bonchev–Trinajstić information content (AvgIpc) is 2.73. The molecule has 0 aliphatic carbocycles. The van der Waals surface area contributed by atoms with E-state index in [9.17, 15) is 17.6 Å². The molecule has 1 unspecified atom stereocenters. The van der Waals surface area contributed by atoms with E-state index in [2.05, 4.69) is 9.62 Å². The first kappa shape index (κ1) is 22.0. The third-order valence-electron chi connectivity index (χ3n) is 5.07. The van der Waals surface area contributed by atoms with Crippen LogP contribution >= 0.6 is 0 Å². The molecular formula is C21H26FN3O4S. The van der Waals surface area contributed by atoms with Crippen LogP contribution in [0.5, 0.6) is 5.75 Å². The van der Waals surface area contributed by atoms with Crippen LogP contribution in [0, 0.1) is 5.82 Å². The van der Waals surface area contributed by atoms with E-state index in [1.54, 1.807) is 12.0 Å². The summed E-state index contributed by atoms with van der Waals surface area (Å²) >= 11 is 0. The summed E-state index contributed by atoms with van der Waals surface area (Å²) in [6.45, 7) is 2.33. The Hall–Kier alpha value is -2.65. The van der Waals surface area contributed by atoms with Crippen molar-refractivity contribution in [3.05, 3.63) is 59.9 Å². The number of rotatable bonds is 7. The fourth-order valence-corrected chi connectivity index (χ4v) is 4.31. The van der Waals surface area contributed by atoms with E-state index < -0.39 is 21.9 Å². The molecule has 2 aromatic carbocycles. The SMILES string of the molecule is COc1ccccc1N1CCN(C(=O)CC(NS(C)(=O)=O)c2ccc(F)cc2)CC1. The predicted octanol–water partition coefficient (Wildman–Crippen LogP) is 2.16. The standard InChI is InChI=1S/C21H26FN3O4S/c1-29-20-6-4-3-5-19(20)24-11-13-25(14-12-24)21(26)15-18(23-30(2,27)28)16-7-9-17(22)10-8-16/h3-10,18,23H,11-15H2,1-2H3. The first-order valence-corrected chi connectivity index (χ1v) is 11.5. The molecule has 1 saturated heterocycles. The van der Waals surface area contributed by atoms with Crippen molar-refractivity contribution in [2.45, 2.75) is 12.5 Å². The minimum atomic E-state index is -3.55. The molecule has 9 heteroatoms. The van der Waals surface area contributed by atoms with E-state index in [1.165, 1.54) is 24.3 Å². The van der Waals surface area contributed by atoms with Crippen LogP contribution in [0.2, 0.25) is 0 Å². The third-order valence-corrected chi connectivity index (χ3v) is 5.78. The van der Waals surface area contributed by atoms with Crippen molar-refractivity contribution < 1.29 is 22.3 Å². The number of benzene rings is 2. The zero-order valence-corrected chi connectivity index (χ0v) is 17.9. The van der Waals surface area contributed by atoms with Gasteiger partial charge >= 0.3 is 0 Å². The van der Waals surface area contributed by atoms with Gasteiger partial charge in [-0.1, -0.05) is 24.3 Å². The number of nitrogens with one attached hydrogen (secondary N) is 1. The van der Waals surface area contributed by atoms with Crippen molar-refractivity contribution in [1.29, 1.82) is 0 Å². The number of piperazine rings is 1. The second kappa shape index (κ2) is 9.44. The number of para-hydroxylation sites is 2. The number of hydrogen-bond acceptors (Lipinski definition) is 5. The lowest BCUT2D eigenvalue weighted by Crippen LogP contribution is -2.49. The van der Waals surface area contributed by atoms with Gasteiger partial charge in [0.15, 0.2) is 0 Å². The molecule has 0 saturated carbocycles. The van der Waals surface area contributed by atoms with E-state index in [0.717, 1.165) is 17.7 Å². The lowest BCUT2D eigenvalue weighted by atomic mass is 10.0. The highest BCUT2D eigenvalue weighted by atomic mass is 32.2. The van der Waals surface area contributed by atoms with Gasteiger partial charge in [-0.15, -0.1) is 0 Å². The Bertz CT molecular complexity index is 974. The van der Waals surface area contributed by atoms with E-state index in [-0.39, 0.29) is 12.3 Å². The molecule has 30 heavy (non-hydrogen) atoms. The Morgan fingerprint density at radius 3 is 2.33 bits per heavy atom. The number of carbonyl (C=O) groups is 1. The van der Waals surface area contributed by atoms with Crippen molar-refractivity contribution in [3.8, 4) is 5.75 Å². The lowest BCUT2D eigenvalue weighted by molar-refractivity contribution is -0.132. The van der Waals surface area contributed by atoms with E-state index >= 15 is 0 Å². The normalized spacial score (nSPS) is 15.7. The minimum absolute atomic E-state index is 0.0344. The van der Waals surface area contributed by atoms with Gasteiger partial charge in [-0.05, 0) is 29.8 Å². The molecule has 2 aromatic rings. The van der Waals surface area contributed by atoms with Gasteiger partial charge in [-0.25, -0.2) is 17.5 Å². The molecule has 7 nitrogen and oxygen atoms in total. The fraction of sp³-hybridized carbons (Fsp3) is 0.381. The van der Waals surface area contributed by atoms with Crippen LogP contribution in [0.3, 0.4) is 0 Å².